The number of ketones is 1. The number of benzene rings is 2. The SMILES string of the molecule is COc1ccc(N2C(=O)C(=O)/C(=C(\O)c3ccc(OC)cc3OC)C2c2ccc(C)o2)cc1. The molecular formula is C25H23NO7. The van der Waals surface area contributed by atoms with Gasteiger partial charge in [-0.1, -0.05) is 0 Å². The van der Waals surface area contributed by atoms with Gasteiger partial charge in [-0.2, -0.15) is 0 Å². The minimum Gasteiger partial charge on any atom is -0.507 e. The van der Waals surface area contributed by atoms with Gasteiger partial charge in [-0.3, -0.25) is 14.5 Å². The third kappa shape index (κ3) is 3.80. The maximum absolute atomic E-state index is 13.2. The van der Waals surface area contributed by atoms with E-state index in [1.54, 1.807) is 61.5 Å². The molecule has 1 amide bonds. The minimum absolute atomic E-state index is 0.103. The van der Waals surface area contributed by atoms with E-state index in [2.05, 4.69) is 0 Å². The highest BCUT2D eigenvalue weighted by Crippen LogP contribution is 2.44. The van der Waals surface area contributed by atoms with Crippen LogP contribution in [0.2, 0.25) is 0 Å². The molecule has 1 aromatic heterocycles. The molecule has 1 saturated heterocycles. The number of carbonyl (C=O) groups excluding carboxylic acids is 2. The zero-order valence-electron chi connectivity index (χ0n) is 18.6. The third-order valence-electron chi connectivity index (χ3n) is 5.49. The summed E-state index contributed by atoms with van der Waals surface area (Å²) in [5.74, 6) is 0.362. The van der Waals surface area contributed by atoms with Crippen molar-refractivity contribution in [3.8, 4) is 17.2 Å². The summed E-state index contributed by atoms with van der Waals surface area (Å²) in [7, 11) is 4.48. The second kappa shape index (κ2) is 8.74. The molecule has 170 valence electrons. The molecule has 1 N–H and O–H groups in total. The number of carbonyl (C=O) groups is 2. The van der Waals surface area contributed by atoms with E-state index < -0.39 is 17.7 Å². The van der Waals surface area contributed by atoms with Gasteiger partial charge in [0, 0.05) is 11.8 Å². The number of nitrogens with zero attached hydrogens (tertiary/aromatic N) is 1. The number of aryl methyl sites for hydroxylation is 1. The second-order valence-corrected chi connectivity index (χ2v) is 7.38. The highest BCUT2D eigenvalue weighted by molar-refractivity contribution is 6.51. The third-order valence-corrected chi connectivity index (χ3v) is 5.49. The van der Waals surface area contributed by atoms with Gasteiger partial charge < -0.3 is 23.7 Å². The first kappa shape index (κ1) is 22.0. The van der Waals surface area contributed by atoms with Crippen molar-refractivity contribution in [3.05, 3.63) is 77.3 Å². The largest absolute Gasteiger partial charge is 0.507 e. The van der Waals surface area contributed by atoms with E-state index in [0.29, 0.717) is 28.7 Å². The molecule has 0 bridgehead atoms. The van der Waals surface area contributed by atoms with Crippen molar-refractivity contribution in [2.75, 3.05) is 26.2 Å². The first-order valence-electron chi connectivity index (χ1n) is 10.1. The zero-order chi connectivity index (χ0) is 23.7. The maximum atomic E-state index is 13.2. The Hall–Kier alpha value is -4.20. The lowest BCUT2D eigenvalue weighted by Crippen LogP contribution is -2.29. The minimum atomic E-state index is -0.973. The molecule has 0 aliphatic carbocycles. The molecule has 1 unspecified atom stereocenters. The lowest BCUT2D eigenvalue weighted by atomic mass is 9.98. The molecule has 8 nitrogen and oxygen atoms in total. The standard InChI is InChI=1S/C25H23NO7/c1-14-5-12-19(33-14)22-21(23(27)18-11-10-17(31-3)13-20(18)32-4)24(28)25(29)26(22)15-6-8-16(30-2)9-7-15/h5-13,22,27H,1-4H3/b23-21-. The van der Waals surface area contributed by atoms with Crippen molar-refractivity contribution >= 4 is 23.1 Å². The Morgan fingerprint density at radius 3 is 2.15 bits per heavy atom. The predicted octanol–water partition coefficient (Wildman–Crippen LogP) is 4.24. The van der Waals surface area contributed by atoms with Crippen molar-refractivity contribution < 1.29 is 33.3 Å². The number of anilines is 1. The number of methoxy groups -OCH3 is 3. The van der Waals surface area contributed by atoms with E-state index in [-0.39, 0.29) is 22.6 Å². The van der Waals surface area contributed by atoms with Crippen LogP contribution in [0.4, 0.5) is 5.69 Å². The number of ether oxygens (including phenoxy) is 3. The molecule has 0 spiro atoms. The summed E-state index contributed by atoms with van der Waals surface area (Å²) in [6, 6.07) is 13.9. The predicted molar refractivity (Wildman–Crippen MR) is 121 cm³/mol. The van der Waals surface area contributed by atoms with Crippen molar-refractivity contribution in [1.29, 1.82) is 0 Å². The van der Waals surface area contributed by atoms with Crippen molar-refractivity contribution in [1.82, 2.24) is 0 Å². The molecule has 1 aliphatic rings. The number of furan rings is 1. The van der Waals surface area contributed by atoms with Gasteiger partial charge >= 0.3 is 0 Å². The van der Waals surface area contributed by atoms with Gasteiger partial charge in [-0.05, 0) is 55.5 Å². The summed E-state index contributed by atoms with van der Waals surface area (Å²) in [4.78, 5) is 27.7. The summed E-state index contributed by atoms with van der Waals surface area (Å²) < 4.78 is 21.6. The van der Waals surface area contributed by atoms with E-state index in [4.69, 9.17) is 18.6 Å². The number of amides is 1. The van der Waals surface area contributed by atoms with E-state index in [0.717, 1.165) is 0 Å². The Labute approximate surface area is 190 Å². The fraction of sp³-hybridized carbons (Fsp3) is 0.200. The zero-order valence-corrected chi connectivity index (χ0v) is 18.6. The van der Waals surface area contributed by atoms with E-state index >= 15 is 0 Å². The summed E-state index contributed by atoms with van der Waals surface area (Å²) in [6.45, 7) is 1.76. The van der Waals surface area contributed by atoms with E-state index in [1.165, 1.54) is 26.2 Å². The van der Waals surface area contributed by atoms with Crippen LogP contribution in [0.15, 0.2) is 64.6 Å². The number of rotatable bonds is 6. The molecule has 1 atom stereocenters. The average Bonchev–Trinajstić information content (AvgIpc) is 3.38. The number of hydrogen-bond acceptors (Lipinski definition) is 7. The lowest BCUT2D eigenvalue weighted by molar-refractivity contribution is -0.132. The van der Waals surface area contributed by atoms with Crippen LogP contribution >= 0.6 is 0 Å². The van der Waals surface area contributed by atoms with Crippen LogP contribution in [0.1, 0.15) is 23.1 Å². The van der Waals surface area contributed by atoms with Crippen molar-refractivity contribution in [3.63, 3.8) is 0 Å². The first-order chi connectivity index (χ1) is 15.9. The molecule has 1 aliphatic heterocycles. The molecule has 0 radical (unpaired) electrons. The lowest BCUT2D eigenvalue weighted by Gasteiger charge is -2.23. The van der Waals surface area contributed by atoms with Crippen LogP contribution in [0.3, 0.4) is 0 Å². The highest BCUT2D eigenvalue weighted by atomic mass is 16.5. The fourth-order valence-electron chi connectivity index (χ4n) is 3.85. The topological polar surface area (TPSA) is 98.4 Å². The Bertz CT molecular complexity index is 1240. The Kier molecular flexibility index (Phi) is 5.83. The molecular weight excluding hydrogens is 426 g/mol. The van der Waals surface area contributed by atoms with Gasteiger partial charge in [0.15, 0.2) is 0 Å². The van der Waals surface area contributed by atoms with Gasteiger partial charge in [-0.25, -0.2) is 0 Å². The fourth-order valence-corrected chi connectivity index (χ4v) is 3.85. The van der Waals surface area contributed by atoms with Crippen LogP contribution < -0.4 is 19.1 Å². The molecule has 4 rings (SSSR count). The molecule has 3 aromatic rings. The van der Waals surface area contributed by atoms with Gasteiger partial charge in [0.2, 0.25) is 0 Å². The van der Waals surface area contributed by atoms with E-state index in [9.17, 15) is 14.7 Å². The monoisotopic (exact) mass is 449 g/mol. The van der Waals surface area contributed by atoms with Crippen LogP contribution in [0, 0.1) is 6.92 Å². The normalized spacial score (nSPS) is 17.3. The molecule has 8 heteroatoms. The average molecular weight is 449 g/mol. The summed E-state index contributed by atoms with van der Waals surface area (Å²) in [6.07, 6.45) is 0. The molecule has 2 heterocycles. The smallest absolute Gasteiger partial charge is 0.300 e. The second-order valence-electron chi connectivity index (χ2n) is 7.38. The van der Waals surface area contributed by atoms with Crippen LogP contribution in [0.5, 0.6) is 17.2 Å². The number of aliphatic hydroxyl groups excluding tert-OH is 1. The maximum Gasteiger partial charge on any atom is 0.300 e. The van der Waals surface area contributed by atoms with E-state index in [1.807, 2.05) is 0 Å². The summed E-state index contributed by atoms with van der Waals surface area (Å²) in [5, 5.41) is 11.3. The Balaban J connectivity index is 1.92. The van der Waals surface area contributed by atoms with Crippen LogP contribution in [-0.4, -0.2) is 38.1 Å². The molecule has 1 fully saturated rings. The Morgan fingerprint density at radius 2 is 1.58 bits per heavy atom. The number of aliphatic hydroxyl groups is 1. The first-order valence-corrected chi connectivity index (χ1v) is 10.1. The molecule has 33 heavy (non-hydrogen) atoms. The summed E-state index contributed by atoms with van der Waals surface area (Å²) in [5.41, 5.74) is 0.602. The number of Topliss-reactive ketones (excluding diaryl/α,β-unsaturated/α-hetero) is 1. The van der Waals surface area contributed by atoms with Crippen LogP contribution in [0.25, 0.3) is 5.76 Å². The van der Waals surface area contributed by atoms with Gasteiger partial charge in [0.05, 0.1) is 32.5 Å². The van der Waals surface area contributed by atoms with Gasteiger partial charge in [0.25, 0.3) is 11.7 Å². The van der Waals surface area contributed by atoms with Gasteiger partial charge in [-0.15, -0.1) is 0 Å². The quantitative estimate of drug-likeness (QED) is 0.341. The van der Waals surface area contributed by atoms with Crippen LogP contribution in [-0.2, 0) is 9.59 Å². The summed E-state index contributed by atoms with van der Waals surface area (Å²) >= 11 is 0. The van der Waals surface area contributed by atoms with Gasteiger partial charge in [0.1, 0.15) is 40.6 Å². The van der Waals surface area contributed by atoms with Crippen molar-refractivity contribution in [2.45, 2.75) is 13.0 Å². The highest BCUT2D eigenvalue weighted by Gasteiger charge is 2.48. The molecule has 2 aromatic carbocycles. The number of hydrogen-bond donors (Lipinski definition) is 1. The van der Waals surface area contributed by atoms with Crippen molar-refractivity contribution in [2.24, 2.45) is 0 Å². The molecule has 0 saturated carbocycles. The Morgan fingerprint density at radius 1 is 0.909 bits per heavy atom.